The second-order valence-electron chi connectivity index (χ2n) is 8.26. The van der Waals surface area contributed by atoms with Gasteiger partial charge in [0.15, 0.2) is 0 Å². The Morgan fingerprint density at radius 1 is 0.879 bits per heavy atom. The average Bonchev–Trinajstić information content (AvgIpc) is 3.01. The highest BCUT2D eigenvalue weighted by atomic mass is 35.5. The third-order valence-corrected chi connectivity index (χ3v) is 5.81. The summed E-state index contributed by atoms with van der Waals surface area (Å²) in [5, 5.41) is 3.67. The van der Waals surface area contributed by atoms with Crippen molar-refractivity contribution in [3.8, 4) is 5.75 Å². The van der Waals surface area contributed by atoms with Crippen LogP contribution in [0.1, 0.15) is 30.5 Å². The van der Waals surface area contributed by atoms with Crippen LogP contribution in [0.15, 0.2) is 72.4 Å². The van der Waals surface area contributed by atoms with E-state index in [4.69, 9.17) is 16.3 Å². The molecule has 168 valence electrons. The van der Waals surface area contributed by atoms with Crippen LogP contribution in [-0.2, 0) is 9.59 Å². The first-order chi connectivity index (χ1) is 15.8. The molecule has 0 saturated heterocycles. The van der Waals surface area contributed by atoms with Gasteiger partial charge in [-0.2, -0.15) is 0 Å². The zero-order valence-corrected chi connectivity index (χ0v) is 19.7. The standard InChI is InChI=1S/C27H25ClN2O3/c1-16(2)33-21-14-12-20(13-15-21)29-25-24(19-10-8-17(3)9-11-19)26(31)30(27(25)32)23-7-5-6-22(28)18(23)4/h5-16,29H,1-4H3. The number of carbonyl (C=O) groups is 2. The monoisotopic (exact) mass is 460 g/mol. The molecule has 0 unspecified atom stereocenters. The van der Waals surface area contributed by atoms with Crippen LogP contribution in [-0.4, -0.2) is 17.9 Å². The molecule has 6 heteroatoms. The van der Waals surface area contributed by atoms with Crippen LogP contribution >= 0.6 is 11.6 Å². The number of amides is 2. The minimum absolute atomic E-state index is 0.0585. The van der Waals surface area contributed by atoms with Gasteiger partial charge in [0, 0.05) is 10.7 Å². The smallest absolute Gasteiger partial charge is 0.282 e. The van der Waals surface area contributed by atoms with Crippen LogP contribution in [0.3, 0.4) is 0 Å². The molecule has 33 heavy (non-hydrogen) atoms. The summed E-state index contributed by atoms with van der Waals surface area (Å²) in [5.74, 6) is -0.0896. The number of ether oxygens (including phenoxy) is 1. The second kappa shape index (κ2) is 9.12. The van der Waals surface area contributed by atoms with Crippen molar-refractivity contribution in [3.63, 3.8) is 0 Å². The van der Waals surface area contributed by atoms with Gasteiger partial charge in [-0.25, -0.2) is 4.90 Å². The normalized spacial score (nSPS) is 13.8. The predicted molar refractivity (Wildman–Crippen MR) is 133 cm³/mol. The number of anilines is 2. The van der Waals surface area contributed by atoms with Gasteiger partial charge in [0.2, 0.25) is 0 Å². The quantitative estimate of drug-likeness (QED) is 0.449. The lowest BCUT2D eigenvalue weighted by atomic mass is 10.0. The molecule has 3 aromatic carbocycles. The molecule has 5 nitrogen and oxygen atoms in total. The molecule has 3 aromatic rings. The minimum atomic E-state index is -0.427. The molecular weight excluding hydrogens is 436 g/mol. The van der Waals surface area contributed by atoms with Crippen LogP contribution < -0.4 is 15.0 Å². The zero-order chi connectivity index (χ0) is 23.7. The summed E-state index contributed by atoms with van der Waals surface area (Å²) in [5.41, 5.74) is 4.09. The Bertz CT molecular complexity index is 1250. The van der Waals surface area contributed by atoms with Crippen molar-refractivity contribution in [1.29, 1.82) is 0 Å². The van der Waals surface area contributed by atoms with E-state index in [-0.39, 0.29) is 11.8 Å². The Kier molecular flexibility index (Phi) is 6.25. The third-order valence-electron chi connectivity index (χ3n) is 5.40. The number of aryl methyl sites for hydroxylation is 1. The molecule has 1 aliphatic heterocycles. The molecule has 4 rings (SSSR count). The van der Waals surface area contributed by atoms with Gasteiger partial charge in [0.05, 0.1) is 17.4 Å². The van der Waals surface area contributed by atoms with Gasteiger partial charge in [-0.05, 0) is 75.2 Å². The number of hydrogen-bond donors (Lipinski definition) is 1. The van der Waals surface area contributed by atoms with E-state index in [9.17, 15) is 9.59 Å². The summed E-state index contributed by atoms with van der Waals surface area (Å²) < 4.78 is 5.70. The molecule has 0 atom stereocenters. The van der Waals surface area contributed by atoms with Crippen LogP contribution in [0, 0.1) is 13.8 Å². The average molecular weight is 461 g/mol. The SMILES string of the molecule is Cc1ccc(C2=C(Nc3ccc(OC(C)C)cc3)C(=O)N(c3cccc(Cl)c3C)C2=O)cc1. The minimum Gasteiger partial charge on any atom is -0.491 e. The number of rotatable bonds is 6. The van der Waals surface area contributed by atoms with E-state index >= 15 is 0 Å². The number of nitrogens with one attached hydrogen (secondary N) is 1. The number of hydrogen-bond acceptors (Lipinski definition) is 4. The summed E-state index contributed by atoms with van der Waals surface area (Å²) in [4.78, 5) is 28.3. The van der Waals surface area contributed by atoms with Crippen LogP contribution in [0.2, 0.25) is 5.02 Å². The van der Waals surface area contributed by atoms with Gasteiger partial charge in [-0.3, -0.25) is 9.59 Å². The van der Waals surface area contributed by atoms with Gasteiger partial charge in [0.25, 0.3) is 11.8 Å². The van der Waals surface area contributed by atoms with Gasteiger partial charge in [-0.1, -0.05) is 47.5 Å². The van der Waals surface area contributed by atoms with Crippen LogP contribution in [0.4, 0.5) is 11.4 Å². The van der Waals surface area contributed by atoms with Crippen molar-refractivity contribution < 1.29 is 14.3 Å². The first-order valence-corrected chi connectivity index (χ1v) is 11.1. The molecule has 1 heterocycles. The van der Waals surface area contributed by atoms with Crippen molar-refractivity contribution in [2.75, 3.05) is 10.2 Å². The van der Waals surface area contributed by atoms with Crippen LogP contribution in [0.5, 0.6) is 5.75 Å². The Labute approximate surface area is 198 Å². The van der Waals surface area contributed by atoms with Crippen molar-refractivity contribution >= 4 is 40.4 Å². The highest BCUT2D eigenvalue weighted by molar-refractivity contribution is 6.46. The van der Waals surface area contributed by atoms with Gasteiger partial charge >= 0.3 is 0 Å². The molecule has 0 radical (unpaired) electrons. The fourth-order valence-corrected chi connectivity index (χ4v) is 3.89. The molecule has 0 aliphatic carbocycles. The predicted octanol–water partition coefficient (Wildman–Crippen LogP) is 6.14. The van der Waals surface area contributed by atoms with Gasteiger partial charge in [-0.15, -0.1) is 0 Å². The van der Waals surface area contributed by atoms with Crippen molar-refractivity contribution in [2.24, 2.45) is 0 Å². The Morgan fingerprint density at radius 3 is 2.18 bits per heavy atom. The lowest BCUT2D eigenvalue weighted by Gasteiger charge is -2.18. The summed E-state index contributed by atoms with van der Waals surface area (Å²) in [6.45, 7) is 7.68. The fourth-order valence-electron chi connectivity index (χ4n) is 3.72. The topological polar surface area (TPSA) is 58.6 Å². The Hall–Kier alpha value is -3.57. The number of halogens is 1. The van der Waals surface area contributed by atoms with E-state index < -0.39 is 11.8 Å². The van der Waals surface area contributed by atoms with Gasteiger partial charge < -0.3 is 10.1 Å². The highest BCUT2D eigenvalue weighted by Crippen LogP contribution is 2.37. The Balaban J connectivity index is 1.77. The van der Waals surface area contributed by atoms with Gasteiger partial charge in [0.1, 0.15) is 11.4 Å². The second-order valence-corrected chi connectivity index (χ2v) is 8.67. The summed E-state index contributed by atoms with van der Waals surface area (Å²) in [7, 11) is 0. The van der Waals surface area contributed by atoms with E-state index in [1.54, 1.807) is 25.1 Å². The third kappa shape index (κ3) is 4.50. The number of carbonyl (C=O) groups excluding carboxylic acids is 2. The van der Waals surface area contributed by atoms with Crippen molar-refractivity contribution in [1.82, 2.24) is 0 Å². The molecule has 1 N–H and O–H groups in total. The van der Waals surface area contributed by atoms with Crippen molar-refractivity contribution in [2.45, 2.75) is 33.8 Å². The number of imide groups is 1. The maximum atomic E-state index is 13.6. The van der Waals surface area contributed by atoms with E-state index in [2.05, 4.69) is 5.32 Å². The molecule has 0 fully saturated rings. The van der Waals surface area contributed by atoms with E-state index in [0.717, 1.165) is 11.3 Å². The molecule has 1 aliphatic rings. The fraction of sp³-hybridized carbons (Fsp3) is 0.185. The number of benzene rings is 3. The molecule has 0 bridgehead atoms. The van der Waals surface area contributed by atoms with Crippen molar-refractivity contribution in [3.05, 3.63) is 94.1 Å². The lowest BCUT2D eigenvalue weighted by Crippen LogP contribution is -2.33. The molecule has 0 aromatic heterocycles. The maximum Gasteiger partial charge on any atom is 0.282 e. The summed E-state index contributed by atoms with van der Waals surface area (Å²) >= 11 is 6.29. The summed E-state index contributed by atoms with van der Waals surface area (Å²) in [6, 6.07) is 20.0. The molecule has 0 spiro atoms. The Morgan fingerprint density at radius 2 is 1.55 bits per heavy atom. The lowest BCUT2D eigenvalue weighted by molar-refractivity contribution is -0.120. The van der Waals surface area contributed by atoms with E-state index in [0.29, 0.717) is 33.1 Å². The first-order valence-electron chi connectivity index (χ1n) is 10.7. The largest absolute Gasteiger partial charge is 0.491 e. The summed E-state index contributed by atoms with van der Waals surface area (Å²) in [6.07, 6.45) is 0.0585. The first kappa shape index (κ1) is 22.6. The maximum absolute atomic E-state index is 13.6. The highest BCUT2D eigenvalue weighted by Gasteiger charge is 2.41. The van der Waals surface area contributed by atoms with E-state index in [1.165, 1.54) is 4.90 Å². The molecule has 2 amide bonds. The van der Waals surface area contributed by atoms with E-state index in [1.807, 2.05) is 69.3 Å². The number of nitrogens with zero attached hydrogens (tertiary/aromatic N) is 1. The van der Waals surface area contributed by atoms with Crippen LogP contribution in [0.25, 0.3) is 5.57 Å². The molecular formula is C27H25ClN2O3. The molecule has 0 saturated carbocycles. The zero-order valence-electron chi connectivity index (χ0n) is 19.0.